The van der Waals surface area contributed by atoms with Crippen LogP contribution >= 0.6 is 0 Å². The summed E-state index contributed by atoms with van der Waals surface area (Å²) in [7, 11) is 0. The molecule has 0 fully saturated rings. The number of nitrogens with zero attached hydrogens (tertiary/aromatic N) is 1. The van der Waals surface area contributed by atoms with Gasteiger partial charge in [0.15, 0.2) is 0 Å². The molecule has 0 saturated carbocycles. The number of pyridine rings is 1. The van der Waals surface area contributed by atoms with Crippen LogP contribution in [0.2, 0.25) is 0 Å². The Hall–Kier alpha value is -0.990. The number of halogens is 2. The van der Waals surface area contributed by atoms with Gasteiger partial charge in [-0.05, 0) is 18.1 Å². The van der Waals surface area contributed by atoms with Crippen LogP contribution in [-0.2, 0) is 5.92 Å². The predicted molar refractivity (Wildman–Crippen MR) is 57.1 cm³/mol. The third-order valence-corrected chi connectivity index (χ3v) is 2.49. The summed E-state index contributed by atoms with van der Waals surface area (Å²) in [6.07, 6.45) is 1.29. The second kappa shape index (κ2) is 4.25. The van der Waals surface area contributed by atoms with Crippen molar-refractivity contribution >= 4 is 0 Å². The van der Waals surface area contributed by atoms with E-state index in [0.29, 0.717) is 0 Å². The smallest absolute Gasteiger partial charge is 0.261 e. The van der Waals surface area contributed by atoms with Gasteiger partial charge < -0.3 is 0 Å². The molecule has 15 heavy (non-hydrogen) atoms. The van der Waals surface area contributed by atoms with E-state index in [1.54, 1.807) is 6.07 Å². The van der Waals surface area contributed by atoms with Crippen LogP contribution in [0.25, 0.3) is 0 Å². The standard InChI is InChI=1S/C12H17F2N/c1-8(2)11-6-5-10(7-15-11)12(13,14)9(3)4/h5-9H,1-4H3. The molecule has 1 heterocycles. The maximum atomic E-state index is 13.6. The van der Waals surface area contributed by atoms with Crippen LogP contribution in [-0.4, -0.2) is 4.98 Å². The topological polar surface area (TPSA) is 12.9 Å². The van der Waals surface area contributed by atoms with Gasteiger partial charge >= 0.3 is 0 Å². The third kappa shape index (κ3) is 2.52. The highest BCUT2D eigenvalue weighted by molar-refractivity contribution is 5.20. The summed E-state index contributed by atoms with van der Waals surface area (Å²) in [5.41, 5.74) is 0.847. The molecule has 0 amide bonds. The Labute approximate surface area is 89.5 Å². The molecule has 1 aromatic heterocycles. The Morgan fingerprint density at radius 2 is 1.73 bits per heavy atom. The maximum Gasteiger partial charge on any atom is 0.276 e. The van der Waals surface area contributed by atoms with Gasteiger partial charge in [-0.15, -0.1) is 0 Å². The molecule has 0 aliphatic carbocycles. The van der Waals surface area contributed by atoms with Crippen molar-refractivity contribution in [1.29, 1.82) is 0 Å². The third-order valence-electron chi connectivity index (χ3n) is 2.49. The van der Waals surface area contributed by atoms with Gasteiger partial charge in [0.1, 0.15) is 0 Å². The number of rotatable bonds is 3. The second-order valence-corrected chi connectivity index (χ2v) is 4.40. The first-order valence-corrected chi connectivity index (χ1v) is 5.20. The highest BCUT2D eigenvalue weighted by atomic mass is 19.3. The molecule has 0 aliphatic rings. The lowest BCUT2D eigenvalue weighted by molar-refractivity contribution is -0.0517. The molecule has 0 unspecified atom stereocenters. The largest absolute Gasteiger partial charge is 0.276 e. The molecule has 0 atom stereocenters. The summed E-state index contributed by atoms with van der Waals surface area (Å²) in [6, 6.07) is 3.15. The minimum atomic E-state index is -2.79. The van der Waals surface area contributed by atoms with Crippen molar-refractivity contribution in [2.24, 2.45) is 5.92 Å². The first kappa shape index (κ1) is 12.1. The van der Waals surface area contributed by atoms with Crippen LogP contribution < -0.4 is 0 Å². The van der Waals surface area contributed by atoms with Crippen LogP contribution in [0.15, 0.2) is 18.3 Å². The Morgan fingerprint density at radius 3 is 2.07 bits per heavy atom. The van der Waals surface area contributed by atoms with Crippen molar-refractivity contribution < 1.29 is 8.78 Å². The zero-order chi connectivity index (χ0) is 11.6. The molecule has 1 nitrogen and oxygen atoms in total. The van der Waals surface area contributed by atoms with Crippen molar-refractivity contribution in [2.45, 2.75) is 39.5 Å². The first-order chi connectivity index (χ1) is 6.85. The van der Waals surface area contributed by atoms with Gasteiger partial charge in [-0.2, -0.15) is 0 Å². The monoisotopic (exact) mass is 213 g/mol. The zero-order valence-electron chi connectivity index (χ0n) is 9.59. The molecule has 0 aliphatic heterocycles. The molecule has 0 bridgehead atoms. The molecule has 3 heteroatoms. The van der Waals surface area contributed by atoms with Crippen molar-refractivity contribution in [3.8, 4) is 0 Å². The Balaban J connectivity index is 2.98. The van der Waals surface area contributed by atoms with E-state index in [9.17, 15) is 8.78 Å². The van der Waals surface area contributed by atoms with E-state index in [0.717, 1.165) is 5.69 Å². The minimum absolute atomic E-state index is 0.00176. The van der Waals surface area contributed by atoms with Gasteiger partial charge in [0.25, 0.3) is 5.92 Å². The van der Waals surface area contributed by atoms with Crippen LogP contribution in [0, 0.1) is 5.92 Å². The highest BCUT2D eigenvalue weighted by Gasteiger charge is 2.35. The summed E-state index contributed by atoms with van der Waals surface area (Å²) in [5, 5.41) is 0. The lowest BCUT2D eigenvalue weighted by Crippen LogP contribution is -2.21. The van der Waals surface area contributed by atoms with E-state index in [1.807, 2.05) is 13.8 Å². The lowest BCUT2D eigenvalue weighted by atomic mass is 9.98. The Bertz CT molecular complexity index is 315. The van der Waals surface area contributed by atoms with Crippen LogP contribution in [0.1, 0.15) is 44.9 Å². The fraction of sp³-hybridized carbons (Fsp3) is 0.583. The molecular weight excluding hydrogens is 196 g/mol. The fourth-order valence-corrected chi connectivity index (χ4v) is 1.28. The molecule has 0 spiro atoms. The summed E-state index contributed by atoms with van der Waals surface area (Å²) in [4.78, 5) is 4.05. The lowest BCUT2D eigenvalue weighted by Gasteiger charge is -2.20. The molecule has 1 rings (SSSR count). The molecule has 0 radical (unpaired) electrons. The van der Waals surface area contributed by atoms with Crippen molar-refractivity contribution in [1.82, 2.24) is 4.98 Å². The SMILES string of the molecule is CC(C)c1ccc(C(F)(F)C(C)C)cn1. The minimum Gasteiger partial charge on any atom is -0.261 e. The summed E-state index contributed by atoms with van der Waals surface area (Å²) < 4.78 is 27.1. The first-order valence-electron chi connectivity index (χ1n) is 5.20. The average molecular weight is 213 g/mol. The molecule has 1 aromatic rings. The van der Waals surface area contributed by atoms with Gasteiger partial charge in [0.2, 0.25) is 0 Å². The predicted octanol–water partition coefficient (Wildman–Crippen LogP) is 3.95. The van der Waals surface area contributed by atoms with E-state index < -0.39 is 11.8 Å². The summed E-state index contributed by atoms with van der Waals surface area (Å²) in [5.74, 6) is -3.22. The quantitative estimate of drug-likeness (QED) is 0.740. The van der Waals surface area contributed by atoms with Crippen molar-refractivity contribution in [3.63, 3.8) is 0 Å². The maximum absolute atomic E-state index is 13.6. The van der Waals surface area contributed by atoms with E-state index in [-0.39, 0.29) is 11.5 Å². The van der Waals surface area contributed by atoms with Crippen molar-refractivity contribution in [3.05, 3.63) is 29.6 Å². The van der Waals surface area contributed by atoms with Gasteiger partial charge in [0, 0.05) is 23.4 Å². The fourth-order valence-electron chi connectivity index (χ4n) is 1.28. The molecule has 0 saturated heterocycles. The van der Waals surface area contributed by atoms with Gasteiger partial charge in [-0.25, -0.2) is 8.78 Å². The molecule has 0 N–H and O–H groups in total. The Kier molecular flexibility index (Phi) is 3.42. The van der Waals surface area contributed by atoms with E-state index in [4.69, 9.17) is 0 Å². The highest BCUT2D eigenvalue weighted by Crippen LogP contribution is 2.35. The van der Waals surface area contributed by atoms with E-state index >= 15 is 0 Å². The van der Waals surface area contributed by atoms with E-state index in [1.165, 1.54) is 26.1 Å². The van der Waals surface area contributed by atoms with Gasteiger partial charge in [-0.3, -0.25) is 4.98 Å². The summed E-state index contributed by atoms with van der Waals surface area (Å²) >= 11 is 0. The number of hydrogen-bond acceptors (Lipinski definition) is 1. The van der Waals surface area contributed by atoms with Crippen LogP contribution in [0.5, 0.6) is 0 Å². The molecule has 84 valence electrons. The normalized spacial score (nSPS) is 12.5. The Morgan fingerprint density at radius 1 is 1.13 bits per heavy atom. The summed E-state index contributed by atoms with van der Waals surface area (Å²) in [6.45, 7) is 7.00. The molecule has 0 aromatic carbocycles. The van der Waals surface area contributed by atoms with Gasteiger partial charge in [0.05, 0.1) is 0 Å². The van der Waals surface area contributed by atoms with Crippen LogP contribution in [0.4, 0.5) is 8.78 Å². The number of hydrogen-bond donors (Lipinski definition) is 0. The van der Waals surface area contributed by atoms with Crippen molar-refractivity contribution in [2.75, 3.05) is 0 Å². The second-order valence-electron chi connectivity index (χ2n) is 4.40. The van der Waals surface area contributed by atoms with Gasteiger partial charge in [-0.1, -0.05) is 27.7 Å². The average Bonchev–Trinajstić information content (AvgIpc) is 2.17. The van der Waals surface area contributed by atoms with Crippen LogP contribution in [0.3, 0.4) is 0 Å². The number of alkyl halides is 2. The molecular formula is C12H17F2N. The number of aromatic nitrogens is 1. The van der Waals surface area contributed by atoms with E-state index in [2.05, 4.69) is 4.98 Å². The zero-order valence-corrected chi connectivity index (χ0v) is 9.59.